The van der Waals surface area contributed by atoms with E-state index in [2.05, 4.69) is 21.3 Å². The van der Waals surface area contributed by atoms with Crippen LogP contribution in [-0.4, -0.2) is 41.0 Å². The van der Waals surface area contributed by atoms with Crippen LogP contribution >= 0.6 is 0 Å². The molecule has 2 aliphatic rings. The Morgan fingerprint density at radius 1 is 0.595 bits per heavy atom. The number of guanidine groups is 2. The van der Waals surface area contributed by atoms with Gasteiger partial charge in [0.2, 0.25) is 35.1 Å². The van der Waals surface area contributed by atoms with Gasteiger partial charge in [-0.05, 0) is 48.5 Å². The summed E-state index contributed by atoms with van der Waals surface area (Å²) in [6.07, 6.45) is 3.50. The summed E-state index contributed by atoms with van der Waals surface area (Å²) in [6, 6.07) is 27.4. The summed E-state index contributed by atoms with van der Waals surface area (Å²) in [4.78, 5) is 29.4. The number of anilines is 2. The number of para-hydroxylation sites is 4. The largest absolute Gasteiger partial charge is 0.324 e. The van der Waals surface area contributed by atoms with E-state index in [1.165, 1.54) is 0 Å². The topological polar surface area (TPSA) is 134 Å². The third-order valence-corrected chi connectivity index (χ3v) is 7.79. The Bertz CT molecular complexity index is 1920. The van der Waals surface area contributed by atoms with Crippen molar-refractivity contribution in [1.82, 2.24) is 39.7 Å². The molecular formula is C30H26N12. The van der Waals surface area contributed by atoms with Crippen molar-refractivity contribution in [1.29, 1.82) is 0 Å². The van der Waals surface area contributed by atoms with Crippen LogP contribution in [0.3, 0.4) is 0 Å². The van der Waals surface area contributed by atoms with E-state index in [0.29, 0.717) is 35.2 Å². The van der Waals surface area contributed by atoms with Crippen molar-refractivity contribution in [3.05, 3.63) is 109 Å². The van der Waals surface area contributed by atoms with Crippen LogP contribution in [0.15, 0.2) is 107 Å². The van der Waals surface area contributed by atoms with Crippen LogP contribution in [0.5, 0.6) is 0 Å². The number of rotatable bonds is 4. The lowest BCUT2D eigenvalue weighted by Crippen LogP contribution is -2.61. The molecule has 0 fully saturated rings. The highest BCUT2D eigenvalue weighted by Crippen LogP contribution is 2.48. The molecule has 0 unspecified atom stereocenters. The van der Waals surface area contributed by atoms with Gasteiger partial charge in [-0.3, -0.25) is 20.6 Å². The quantitative estimate of drug-likeness (QED) is 0.261. The summed E-state index contributed by atoms with van der Waals surface area (Å²) in [5.74, 6) is 2.22. The van der Waals surface area contributed by atoms with Gasteiger partial charge in [0.15, 0.2) is 0 Å². The molecule has 0 radical (unpaired) electrons. The number of fused-ring (bicyclic) bond motifs is 3. The molecule has 0 bridgehead atoms. The second-order valence-corrected chi connectivity index (χ2v) is 10.2. The molecule has 0 spiro atoms. The number of benzene rings is 2. The number of nitrogens with zero attached hydrogens (tertiary/aromatic N) is 8. The molecule has 12 nitrogen and oxygen atoms in total. The second kappa shape index (κ2) is 8.86. The molecule has 0 saturated heterocycles. The van der Waals surface area contributed by atoms with Crippen LogP contribution in [-0.2, 0) is 25.4 Å². The Labute approximate surface area is 240 Å². The molecule has 4 aromatic heterocycles. The summed E-state index contributed by atoms with van der Waals surface area (Å²) in [7, 11) is 3.93. The van der Waals surface area contributed by atoms with Crippen molar-refractivity contribution in [3.8, 4) is 0 Å². The fourth-order valence-electron chi connectivity index (χ4n) is 5.74. The Hall–Kier alpha value is -5.78. The summed E-state index contributed by atoms with van der Waals surface area (Å²) in [6.45, 7) is 0. The number of aromatic nitrogens is 6. The van der Waals surface area contributed by atoms with E-state index in [9.17, 15) is 0 Å². The van der Waals surface area contributed by atoms with Crippen LogP contribution in [0.4, 0.5) is 11.9 Å². The van der Waals surface area contributed by atoms with E-state index >= 15 is 0 Å². The maximum absolute atomic E-state index is 5.19. The standard InChI is InChI=1S/C30H26N12/c1-41-21-13-5-3-11-19(21)33-27(41)35-25-37-29(23-15-7-9-17-31-23)30(38-25,24-16-8-10-18-32-24)40-26(39-29)36-28-34-20-12-4-6-14-22(20)42(28)2/h3-18H,1-2H3,(H2,33,35,37,38)(H2,34,36,39,40). The SMILES string of the molecule is Cn1c(NC2=NC3(c4ccccn4)N=C(Nc4nc5ccccc5n4C)NC3(c3ccccn3)N2)nc2ccccc21. The Balaban J connectivity index is 1.28. The van der Waals surface area contributed by atoms with Crippen molar-refractivity contribution >= 4 is 45.9 Å². The maximum atomic E-state index is 5.19. The molecule has 6 heterocycles. The minimum absolute atomic E-state index is 0.475. The van der Waals surface area contributed by atoms with Gasteiger partial charge in [0.25, 0.3) is 0 Å². The number of nitrogens with one attached hydrogen (secondary N) is 4. The fraction of sp³-hybridized carbons (Fsp3) is 0.133. The molecule has 2 aromatic carbocycles. The van der Waals surface area contributed by atoms with E-state index in [1.54, 1.807) is 12.4 Å². The van der Waals surface area contributed by atoms with Crippen LogP contribution in [0.25, 0.3) is 22.1 Å². The monoisotopic (exact) mass is 554 g/mol. The highest BCUT2D eigenvalue weighted by molar-refractivity contribution is 6.01. The summed E-state index contributed by atoms with van der Waals surface area (Å²) >= 11 is 0. The van der Waals surface area contributed by atoms with Crippen LogP contribution < -0.4 is 21.3 Å². The third kappa shape index (κ3) is 3.41. The van der Waals surface area contributed by atoms with Gasteiger partial charge in [0, 0.05) is 26.5 Å². The Kier molecular flexibility index (Phi) is 5.07. The maximum Gasteiger partial charge on any atom is 0.246 e. The second-order valence-electron chi connectivity index (χ2n) is 10.2. The minimum Gasteiger partial charge on any atom is -0.324 e. The molecule has 0 saturated carbocycles. The first-order valence-electron chi connectivity index (χ1n) is 13.5. The summed E-state index contributed by atoms with van der Waals surface area (Å²) in [5, 5.41) is 14.0. The zero-order valence-electron chi connectivity index (χ0n) is 22.8. The van der Waals surface area contributed by atoms with Gasteiger partial charge in [-0.25, -0.2) is 20.0 Å². The smallest absolute Gasteiger partial charge is 0.246 e. The normalized spacial score (nSPS) is 21.0. The van der Waals surface area contributed by atoms with Crippen LogP contribution in [0.2, 0.25) is 0 Å². The zero-order chi connectivity index (χ0) is 28.3. The lowest BCUT2D eigenvalue weighted by atomic mass is 9.88. The number of imidazole rings is 2. The minimum atomic E-state index is -1.26. The zero-order valence-corrected chi connectivity index (χ0v) is 22.8. The Morgan fingerprint density at radius 3 is 1.55 bits per heavy atom. The molecule has 206 valence electrons. The van der Waals surface area contributed by atoms with Crippen molar-refractivity contribution in [3.63, 3.8) is 0 Å². The van der Waals surface area contributed by atoms with Gasteiger partial charge in [-0.15, -0.1) is 0 Å². The van der Waals surface area contributed by atoms with Crippen LogP contribution in [0, 0.1) is 0 Å². The number of hydrogen-bond donors (Lipinski definition) is 4. The average Bonchev–Trinajstić information content (AvgIpc) is 3.72. The molecule has 2 aliphatic heterocycles. The Morgan fingerprint density at radius 2 is 1.07 bits per heavy atom. The summed E-state index contributed by atoms with van der Waals surface area (Å²) < 4.78 is 3.98. The van der Waals surface area contributed by atoms with Gasteiger partial charge in [0.1, 0.15) is 0 Å². The van der Waals surface area contributed by atoms with Crippen molar-refractivity contribution in [2.24, 2.45) is 24.1 Å². The van der Waals surface area contributed by atoms with E-state index in [1.807, 2.05) is 108 Å². The highest BCUT2D eigenvalue weighted by Gasteiger charge is 2.65. The van der Waals surface area contributed by atoms with Gasteiger partial charge >= 0.3 is 0 Å². The lowest BCUT2D eigenvalue weighted by molar-refractivity contribution is 0.222. The molecule has 12 heteroatoms. The molecule has 4 N–H and O–H groups in total. The average molecular weight is 555 g/mol. The van der Waals surface area contributed by atoms with Gasteiger partial charge < -0.3 is 19.8 Å². The van der Waals surface area contributed by atoms with E-state index in [0.717, 1.165) is 22.1 Å². The predicted molar refractivity (Wildman–Crippen MR) is 162 cm³/mol. The molecule has 6 aromatic rings. The molecule has 42 heavy (non-hydrogen) atoms. The van der Waals surface area contributed by atoms with Gasteiger partial charge in [-0.1, -0.05) is 36.4 Å². The van der Waals surface area contributed by atoms with Crippen molar-refractivity contribution in [2.45, 2.75) is 11.3 Å². The predicted octanol–water partition coefficient (Wildman–Crippen LogP) is 3.40. The molecule has 0 atom stereocenters. The van der Waals surface area contributed by atoms with Gasteiger partial charge in [-0.2, -0.15) is 0 Å². The highest BCUT2D eigenvalue weighted by atomic mass is 15.5. The third-order valence-electron chi connectivity index (χ3n) is 7.79. The van der Waals surface area contributed by atoms with E-state index in [4.69, 9.17) is 29.9 Å². The number of pyridine rings is 2. The van der Waals surface area contributed by atoms with Crippen molar-refractivity contribution < 1.29 is 0 Å². The van der Waals surface area contributed by atoms with Gasteiger partial charge in [0.05, 0.1) is 33.5 Å². The number of aliphatic imine (C=N–C) groups is 2. The first kappa shape index (κ1) is 24.1. The molecule has 0 amide bonds. The van der Waals surface area contributed by atoms with Crippen LogP contribution in [0.1, 0.15) is 11.4 Å². The first-order chi connectivity index (χ1) is 20.6. The molecular weight excluding hydrogens is 528 g/mol. The number of aryl methyl sites for hydroxylation is 2. The van der Waals surface area contributed by atoms with E-state index < -0.39 is 11.3 Å². The lowest BCUT2D eigenvalue weighted by Gasteiger charge is -2.35. The molecule has 8 rings (SSSR count). The van der Waals surface area contributed by atoms with E-state index in [-0.39, 0.29) is 0 Å². The number of hydrogen-bond acceptors (Lipinski definition) is 10. The molecule has 0 aliphatic carbocycles. The fourth-order valence-corrected chi connectivity index (χ4v) is 5.74. The van der Waals surface area contributed by atoms with Crippen molar-refractivity contribution in [2.75, 3.05) is 10.6 Å². The summed E-state index contributed by atoms with van der Waals surface area (Å²) in [5.41, 5.74) is 2.71. The first-order valence-corrected chi connectivity index (χ1v) is 13.5.